The molecule has 0 fully saturated rings. The topological polar surface area (TPSA) is 84.9 Å². The van der Waals surface area contributed by atoms with Crippen molar-refractivity contribution in [2.75, 3.05) is 13.2 Å². The van der Waals surface area contributed by atoms with Crippen LogP contribution in [0.2, 0.25) is 0 Å². The number of ether oxygens (including phenoxy) is 2. The van der Waals surface area contributed by atoms with Crippen molar-refractivity contribution >= 4 is 11.9 Å². The van der Waals surface area contributed by atoms with Gasteiger partial charge in [-0.15, -0.1) is 0 Å². The Labute approximate surface area is 123 Å². The van der Waals surface area contributed by atoms with E-state index in [1.165, 1.54) is 0 Å². The first-order chi connectivity index (χ1) is 9.99. The Hall–Kier alpha value is -2.24. The number of benzene rings is 1. The number of nitrogens with one attached hydrogen (secondary N) is 1. The number of amides is 1. The highest BCUT2D eigenvalue weighted by atomic mass is 16.5. The Morgan fingerprint density at radius 1 is 1.19 bits per heavy atom. The summed E-state index contributed by atoms with van der Waals surface area (Å²) in [6.07, 6.45) is 0.782. The van der Waals surface area contributed by atoms with Gasteiger partial charge in [0.05, 0.1) is 13.2 Å². The standard InChI is InChI=1S/C15H19NO5/c1-9(2)13(15(18)19)16-14(17)10-4-5-11-12(8-10)21-7-3-6-20-11/h4-5,8-9,13H,3,6-7H2,1-2H3,(H,16,17)(H,18,19)/t13-/m1/s1. The third-order valence-electron chi connectivity index (χ3n) is 3.23. The molecule has 114 valence electrons. The van der Waals surface area contributed by atoms with E-state index in [1.807, 2.05) is 0 Å². The SMILES string of the molecule is CC(C)[C@@H](NC(=O)c1ccc2c(c1)OCCCO2)C(=O)O. The van der Waals surface area contributed by atoms with Crippen molar-refractivity contribution in [1.29, 1.82) is 0 Å². The molecule has 0 unspecified atom stereocenters. The highest BCUT2D eigenvalue weighted by Crippen LogP contribution is 2.30. The lowest BCUT2D eigenvalue weighted by Crippen LogP contribution is -2.44. The van der Waals surface area contributed by atoms with Crippen molar-refractivity contribution in [3.05, 3.63) is 23.8 Å². The molecule has 0 spiro atoms. The number of hydrogen-bond acceptors (Lipinski definition) is 4. The van der Waals surface area contributed by atoms with Gasteiger partial charge in [-0.1, -0.05) is 13.8 Å². The maximum atomic E-state index is 12.2. The summed E-state index contributed by atoms with van der Waals surface area (Å²) in [6.45, 7) is 4.59. The van der Waals surface area contributed by atoms with E-state index in [2.05, 4.69) is 5.32 Å². The van der Waals surface area contributed by atoms with Gasteiger partial charge in [0.25, 0.3) is 5.91 Å². The molecule has 0 saturated heterocycles. The Balaban J connectivity index is 2.16. The second-order valence-electron chi connectivity index (χ2n) is 5.25. The number of rotatable bonds is 4. The van der Waals surface area contributed by atoms with Crippen molar-refractivity contribution < 1.29 is 24.2 Å². The molecule has 1 amide bonds. The van der Waals surface area contributed by atoms with Crippen molar-refractivity contribution in [3.63, 3.8) is 0 Å². The summed E-state index contributed by atoms with van der Waals surface area (Å²) < 4.78 is 11.0. The zero-order valence-corrected chi connectivity index (χ0v) is 12.1. The highest BCUT2D eigenvalue weighted by molar-refractivity contribution is 5.97. The second kappa shape index (κ2) is 6.47. The van der Waals surface area contributed by atoms with E-state index in [0.717, 1.165) is 6.42 Å². The number of carbonyl (C=O) groups is 2. The van der Waals surface area contributed by atoms with E-state index in [-0.39, 0.29) is 5.92 Å². The minimum Gasteiger partial charge on any atom is -0.490 e. The molecule has 0 radical (unpaired) electrons. The van der Waals surface area contributed by atoms with Crippen LogP contribution in [0.15, 0.2) is 18.2 Å². The van der Waals surface area contributed by atoms with Crippen LogP contribution >= 0.6 is 0 Å². The Morgan fingerprint density at radius 2 is 1.86 bits per heavy atom. The zero-order valence-electron chi connectivity index (χ0n) is 12.1. The Bertz CT molecular complexity index is 541. The van der Waals surface area contributed by atoms with Gasteiger partial charge in [-0.3, -0.25) is 4.79 Å². The maximum Gasteiger partial charge on any atom is 0.326 e. The zero-order chi connectivity index (χ0) is 15.4. The van der Waals surface area contributed by atoms with E-state index in [0.29, 0.717) is 30.3 Å². The van der Waals surface area contributed by atoms with Crippen LogP contribution in [0.25, 0.3) is 0 Å². The molecular formula is C15H19NO5. The lowest BCUT2D eigenvalue weighted by atomic mass is 10.0. The van der Waals surface area contributed by atoms with Crippen LogP contribution in [0.3, 0.4) is 0 Å². The molecule has 2 N–H and O–H groups in total. The van der Waals surface area contributed by atoms with Gasteiger partial charge < -0.3 is 19.9 Å². The first-order valence-electron chi connectivity index (χ1n) is 6.92. The summed E-state index contributed by atoms with van der Waals surface area (Å²) in [6, 6.07) is 3.92. The molecule has 21 heavy (non-hydrogen) atoms. The molecule has 0 saturated carbocycles. The van der Waals surface area contributed by atoms with Crippen LogP contribution in [-0.4, -0.2) is 36.2 Å². The largest absolute Gasteiger partial charge is 0.490 e. The molecule has 2 rings (SSSR count). The van der Waals surface area contributed by atoms with Crippen molar-refractivity contribution in [2.45, 2.75) is 26.3 Å². The van der Waals surface area contributed by atoms with Crippen molar-refractivity contribution in [1.82, 2.24) is 5.32 Å². The molecule has 1 heterocycles. The number of carboxylic acid groups (broad SMARTS) is 1. The molecule has 6 nitrogen and oxygen atoms in total. The quantitative estimate of drug-likeness (QED) is 0.882. The molecule has 1 aromatic carbocycles. The number of carboxylic acids is 1. The fraction of sp³-hybridized carbons (Fsp3) is 0.467. The highest BCUT2D eigenvalue weighted by Gasteiger charge is 2.24. The van der Waals surface area contributed by atoms with Gasteiger partial charge in [-0.05, 0) is 24.1 Å². The van der Waals surface area contributed by atoms with Crippen LogP contribution < -0.4 is 14.8 Å². The first kappa shape index (κ1) is 15.2. The third kappa shape index (κ3) is 3.65. The van der Waals surface area contributed by atoms with Gasteiger partial charge in [-0.2, -0.15) is 0 Å². The van der Waals surface area contributed by atoms with Gasteiger partial charge in [-0.25, -0.2) is 4.79 Å². The Kier molecular flexibility index (Phi) is 4.67. The second-order valence-corrected chi connectivity index (χ2v) is 5.25. The van der Waals surface area contributed by atoms with E-state index < -0.39 is 17.9 Å². The molecule has 0 aromatic heterocycles. The van der Waals surface area contributed by atoms with Gasteiger partial charge >= 0.3 is 5.97 Å². The predicted octanol–water partition coefficient (Wildman–Crippen LogP) is 1.69. The molecule has 1 atom stereocenters. The van der Waals surface area contributed by atoms with E-state index in [4.69, 9.17) is 14.6 Å². The summed E-state index contributed by atoms with van der Waals surface area (Å²) >= 11 is 0. The van der Waals surface area contributed by atoms with Crippen LogP contribution in [0.1, 0.15) is 30.6 Å². The first-order valence-corrected chi connectivity index (χ1v) is 6.92. The summed E-state index contributed by atoms with van der Waals surface area (Å²) in [4.78, 5) is 23.3. The summed E-state index contributed by atoms with van der Waals surface area (Å²) in [5.74, 6) is -0.578. The number of carbonyl (C=O) groups excluding carboxylic acids is 1. The molecule has 1 aliphatic rings. The molecule has 1 aromatic rings. The predicted molar refractivity (Wildman–Crippen MR) is 75.8 cm³/mol. The van der Waals surface area contributed by atoms with Crippen molar-refractivity contribution in [3.8, 4) is 11.5 Å². The summed E-state index contributed by atoms with van der Waals surface area (Å²) in [5, 5.41) is 11.6. The fourth-order valence-electron chi connectivity index (χ4n) is 2.04. The average molecular weight is 293 g/mol. The fourth-order valence-corrected chi connectivity index (χ4v) is 2.04. The van der Waals surface area contributed by atoms with E-state index in [9.17, 15) is 9.59 Å². The number of hydrogen-bond donors (Lipinski definition) is 2. The molecule has 0 bridgehead atoms. The molecular weight excluding hydrogens is 274 g/mol. The van der Waals surface area contributed by atoms with Crippen LogP contribution in [0, 0.1) is 5.92 Å². The average Bonchev–Trinajstić information content (AvgIpc) is 2.68. The Morgan fingerprint density at radius 3 is 2.48 bits per heavy atom. The van der Waals surface area contributed by atoms with Gasteiger partial charge in [0, 0.05) is 12.0 Å². The lowest BCUT2D eigenvalue weighted by molar-refractivity contribution is -0.140. The van der Waals surface area contributed by atoms with Crippen molar-refractivity contribution in [2.24, 2.45) is 5.92 Å². The molecule has 1 aliphatic heterocycles. The normalized spacial score (nSPS) is 15.2. The maximum absolute atomic E-state index is 12.2. The number of fused-ring (bicyclic) bond motifs is 1. The van der Waals surface area contributed by atoms with E-state index >= 15 is 0 Å². The summed E-state index contributed by atoms with van der Waals surface area (Å²) in [5.41, 5.74) is 0.353. The minimum atomic E-state index is -1.05. The molecule has 0 aliphatic carbocycles. The smallest absolute Gasteiger partial charge is 0.326 e. The third-order valence-corrected chi connectivity index (χ3v) is 3.23. The van der Waals surface area contributed by atoms with Gasteiger partial charge in [0.15, 0.2) is 11.5 Å². The monoisotopic (exact) mass is 293 g/mol. The molecule has 6 heteroatoms. The lowest BCUT2D eigenvalue weighted by Gasteiger charge is -2.18. The summed E-state index contributed by atoms with van der Waals surface area (Å²) in [7, 11) is 0. The van der Waals surface area contributed by atoms with E-state index in [1.54, 1.807) is 32.0 Å². The van der Waals surface area contributed by atoms with Gasteiger partial charge in [0.2, 0.25) is 0 Å². The van der Waals surface area contributed by atoms with Crippen LogP contribution in [-0.2, 0) is 4.79 Å². The number of aliphatic carboxylic acids is 1. The van der Waals surface area contributed by atoms with Gasteiger partial charge in [0.1, 0.15) is 6.04 Å². The minimum absolute atomic E-state index is 0.202. The van der Waals surface area contributed by atoms with Crippen LogP contribution in [0.4, 0.5) is 0 Å². The van der Waals surface area contributed by atoms with Crippen LogP contribution in [0.5, 0.6) is 11.5 Å².